The zero-order chi connectivity index (χ0) is 16.2. The zero-order valence-electron chi connectivity index (χ0n) is 15.2. The standard InChI is InChI=1S/C13H35NO2SSi3/c1-13(17-12-20(10,15-2)16-3)11-14(18(4,5)6)19(7,8)9/h13H,11-12H2,1-10H3. The third-order valence-electron chi connectivity index (χ3n) is 3.55. The summed E-state index contributed by atoms with van der Waals surface area (Å²) < 4.78 is 14.0. The molecule has 0 aliphatic rings. The van der Waals surface area contributed by atoms with Crippen molar-refractivity contribution in [1.29, 1.82) is 0 Å². The molecule has 0 aromatic rings. The molecule has 1 unspecified atom stereocenters. The Morgan fingerprint density at radius 3 is 1.60 bits per heavy atom. The van der Waals surface area contributed by atoms with Crippen LogP contribution in [0.1, 0.15) is 6.92 Å². The summed E-state index contributed by atoms with van der Waals surface area (Å²) in [5.74, 6) is 0. The maximum absolute atomic E-state index is 5.58. The van der Waals surface area contributed by atoms with Crippen molar-refractivity contribution in [3.63, 3.8) is 0 Å². The lowest BCUT2D eigenvalue weighted by molar-refractivity contribution is 0.256. The van der Waals surface area contributed by atoms with Crippen LogP contribution in [-0.2, 0) is 8.85 Å². The van der Waals surface area contributed by atoms with Gasteiger partial charge in [-0.15, -0.1) is 0 Å². The Morgan fingerprint density at radius 2 is 1.30 bits per heavy atom. The largest absolute Gasteiger partial charge is 0.397 e. The number of nitrogens with zero attached hydrogens (tertiary/aromatic N) is 1. The third-order valence-corrected chi connectivity index (χ3v) is 16.4. The highest BCUT2D eigenvalue weighted by molar-refractivity contribution is 8.01. The van der Waals surface area contributed by atoms with Crippen LogP contribution in [0.2, 0.25) is 45.8 Å². The van der Waals surface area contributed by atoms with Crippen LogP contribution in [0.5, 0.6) is 0 Å². The lowest BCUT2D eigenvalue weighted by atomic mass is 10.5. The number of hydrogen-bond donors (Lipinski definition) is 0. The highest BCUT2D eigenvalue weighted by Gasteiger charge is 2.36. The minimum Gasteiger partial charge on any atom is -0.397 e. The van der Waals surface area contributed by atoms with Gasteiger partial charge in [-0.2, -0.15) is 11.8 Å². The normalized spacial score (nSPS) is 15.8. The topological polar surface area (TPSA) is 21.7 Å². The van der Waals surface area contributed by atoms with E-state index in [0.29, 0.717) is 5.25 Å². The van der Waals surface area contributed by atoms with Gasteiger partial charge in [-0.05, 0) is 13.1 Å². The van der Waals surface area contributed by atoms with E-state index in [2.05, 4.69) is 57.0 Å². The van der Waals surface area contributed by atoms with Crippen LogP contribution < -0.4 is 0 Å². The molecule has 0 N–H and O–H groups in total. The lowest BCUT2D eigenvalue weighted by Crippen LogP contribution is -2.60. The van der Waals surface area contributed by atoms with Gasteiger partial charge in [0.1, 0.15) is 16.5 Å². The highest BCUT2D eigenvalue weighted by Crippen LogP contribution is 2.25. The van der Waals surface area contributed by atoms with Crippen LogP contribution in [0.3, 0.4) is 0 Å². The van der Waals surface area contributed by atoms with E-state index >= 15 is 0 Å². The molecule has 0 heterocycles. The fourth-order valence-corrected chi connectivity index (χ4v) is 16.0. The van der Waals surface area contributed by atoms with Gasteiger partial charge in [0.15, 0.2) is 0 Å². The monoisotopic (exact) mass is 353 g/mol. The first-order valence-electron chi connectivity index (χ1n) is 7.35. The van der Waals surface area contributed by atoms with E-state index in [1.54, 1.807) is 14.2 Å². The van der Waals surface area contributed by atoms with E-state index in [4.69, 9.17) is 8.85 Å². The smallest absolute Gasteiger partial charge is 0.344 e. The average Bonchev–Trinajstić information content (AvgIpc) is 2.30. The second-order valence-electron chi connectivity index (χ2n) is 7.62. The molecule has 0 rings (SSSR count). The van der Waals surface area contributed by atoms with Crippen molar-refractivity contribution in [2.75, 3.05) is 26.1 Å². The summed E-state index contributed by atoms with van der Waals surface area (Å²) in [4.78, 5) is 0. The average molecular weight is 354 g/mol. The number of rotatable bonds is 9. The molecule has 0 aromatic carbocycles. The predicted molar refractivity (Wildman–Crippen MR) is 101 cm³/mol. The van der Waals surface area contributed by atoms with Gasteiger partial charge in [0.25, 0.3) is 0 Å². The Morgan fingerprint density at radius 1 is 0.900 bits per heavy atom. The van der Waals surface area contributed by atoms with E-state index in [1.165, 1.54) is 6.54 Å². The summed E-state index contributed by atoms with van der Waals surface area (Å²) in [6.45, 7) is 20.5. The molecule has 0 amide bonds. The van der Waals surface area contributed by atoms with Crippen molar-refractivity contribution in [3.8, 4) is 0 Å². The van der Waals surface area contributed by atoms with Crippen LogP contribution in [0.4, 0.5) is 0 Å². The first-order valence-corrected chi connectivity index (χ1v) is 17.8. The number of thioether (sulfide) groups is 1. The molecule has 0 bridgehead atoms. The van der Waals surface area contributed by atoms with Crippen molar-refractivity contribution < 1.29 is 8.85 Å². The SMILES string of the molecule is CO[Si](C)(CSC(C)CN([Si](C)(C)C)[Si](C)(C)C)OC. The quantitative estimate of drug-likeness (QED) is 0.584. The molecule has 0 spiro atoms. The van der Waals surface area contributed by atoms with E-state index < -0.39 is 25.0 Å². The van der Waals surface area contributed by atoms with Gasteiger partial charge in [-0.1, -0.05) is 46.2 Å². The van der Waals surface area contributed by atoms with Crippen LogP contribution in [-0.4, -0.2) is 60.7 Å². The first kappa shape index (κ1) is 20.9. The second-order valence-corrected chi connectivity index (χ2v) is 23.2. The minimum atomic E-state index is -1.94. The molecule has 0 aromatic heterocycles. The fraction of sp³-hybridized carbons (Fsp3) is 1.00. The Labute approximate surface area is 134 Å². The fourth-order valence-electron chi connectivity index (χ4n) is 2.36. The molecule has 0 fully saturated rings. The lowest BCUT2D eigenvalue weighted by Gasteiger charge is -2.45. The van der Waals surface area contributed by atoms with Gasteiger partial charge in [-0.25, -0.2) is 0 Å². The Bertz CT molecular complexity index is 274. The van der Waals surface area contributed by atoms with Crippen LogP contribution in [0, 0.1) is 0 Å². The van der Waals surface area contributed by atoms with Gasteiger partial charge < -0.3 is 13.1 Å². The summed E-state index contributed by atoms with van der Waals surface area (Å²) >= 11 is 2.01. The maximum Gasteiger partial charge on any atom is 0.344 e. The van der Waals surface area contributed by atoms with Gasteiger partial charge in [-0.3, -0.25) is 0 Å². The first-order chi connectivity index (χ1) is 8.85. The van der Waals surface area contributed by atoms with Crippen molar-refractivity contribution in [1.82, 2.24) is 4.23 Å². The van der Waals surface area contributed by atoms with Gasteiger partial charge in [0.2, 0.25) is 0 Å². The van der Waals surface area contributed by atoms with E-state index in [1.807, 2.05) is 11.8 Å². The van der Waals surface area contributed by atoms with Gasteiger partial charge in [0, 0.05) is 24.8 Å². The van der Waals surface area contributed by atoms with E-state index in [-0.39, 0.29) is 0 Å². The van der Waals surface area contributed by atoms with Crippen molar-refractivity contribution in [2.24, 2.45) is 0 Å². The predicted octanol–water partition coefficient (Wildman–Crippen LogP) is 3.98. The molecule has 0 saturated carbocycles. The molecule has 0 saturated heterocycles. The van der Waals surface area contributed by atoms with Crippen LogP contribution in [0.25, 0.3) is 0 Å². The van der Waals surface area contributed by atoms with Crippen LogP contribution >= 0.6 is 11.8 Å². The minimum absolute atomic E-state index is 0.630. The zero-order valence-corrected chi connectivity index (χ0v) is 19.0. The summed E-state index contributed by atoms with van der Waals surface area (Å²) in [7, 11) is -0.877. The summed E-state index contributed by atoms with van der Waals surface area (Å²) in [6, 6.07) is 0. The van der Waals surface area contributed by atoms with E-state index in [9.17, 15) is 0 Å². The molecule has 0 aliphatic carbocycles. The Hall–Kier alpha value is 0.881. The molecular formula is C13H35NO2SSi3. The van der Waals surface area contributed by atoms with Gasteiger partial charge in [0.05, 0.1) is 0 Å². The van der Waals surface area contributed by atoms with Crippen LogP contribution in [0.15, 0.2) is 0 Å². The maximum atomic E-state index is 5.58. The molecule has 1 atom stereocenters. The molecule has 0 radical (unpaired) electrons. The Balaban J connectivity index is 4.61. The molecule has 0 aliphatic heterocycles. The van der Waals surface area contributed by atoms with Gasteiger partial charge >= 0.3 is 8.56 Å². The third kappa shape index (κ3) is 7.24. The number of hydrogen-bond acceptors (Lipinski definition) is 4. The molecular weight excluding hydrogens is 318 g/mol. The van der Waals surface area contributed by atoms with E-state index in [0.717, 1.165) is 5.38 Å². The van der Waals surface area contributed by atoms with Crippen molar-refractivity contribution in [2.45, 2.75) is 58.0 Å². The summed E-state index contributed by atoms with van der Waals surface area (Å²) in [6.07, 6.45) is 0. The molecule has 122 valence electrons. The summed E-state index contributed by atoms with van der Waals surface area (Å²) in [5.41, 5.74) is 0. The molecule has 20 heavy (non-hydrogen) atoms. The molecule has 3 nitrogen and oxygen atoms in total. The Kier molecular flexibility index (Phi) is 8.29. The summed E-state index contributed by atoms with van der Waals surface area (Å²) in [5, 5.41) is 1.64. The second kappa shape index (κ2) is 7.94. The van der Waals surface area contributed by atoms with Crippen molar-refractivity contribution in [3.05, 3.63) is 0 Å². The van der Waals surface area contributed by atoms with Crippen molar-refractivity contribution >= 4 is 36.8 Å². The highest BCUT2D eigenvalue weighted by atomic mass is 32.2. The molecule has 7 heteroatoms.